The molecule has 0 N–H and O–H groups in total. The van der Waals surface area contributed by atoms with Crippen LogP contribution in [0.4, 0.5) is 5.82 Å². The van der Waals surface area contributed by atoms with Crippen LogP contribution in [-0.2, 0) is 0 Å². The van der Waals surface area contributed by atoms with E-state index in [2.05, 4.69) is 16.9 Å². The highest BCUT2D eigenvalue weighted by Crippen LogP contribution is 2.39. The maximum atomic E-state index is 6.07. The van der Waals surface area contributed by atoms with Crippen LogP contribution in [0.3, 0.4) is 0 Å². The number of aromatic nitrogens is 1. The number of nitrogens with zero attached hydrogens (tertiary/aromatic N) is 2. The lowest BCUT2D eigenvalue weighted by Gasteiger charge is -2.34. The van der Waals surface area contributed by atoms with Gasteiger partial charge in [0.05, 0.1) is 0 Å². The van der Waals surface area contributed by atoms with E-state index in [0.717, 1.165) is 47.5 Å². The van der Waals surface area contributed by atoms with Crippen molar-refractivity contribution in [2.24, 2.45) is 5.92 Å². The number of fused-ring (bicyclic) bond motifs is 2. The second kappa shape index (κ2) is 4.95. The number of alkyl halides is 1. The second-order valence-corrected chi connectivity index (χ2v) is 6.49. The quantitative estimate of drug-likeness (QED) is 0.814. The predicted octanol–water partition coefficient (Wildman–Crippen LogP) is 3.42. The molecule has 0 atom stereocenters. The molecule has 1 aromatic heterocycles. The topological polar surface area (TPSA) is 34.6 Å². The van der Waals surface area contributed by atoms with E-state index >= 15 is 0 Å². The predicted molar refractivity (Wildman–Crippen MR) is 83.5 cm³/mol. The van der Waals surface area contributed by atoms with Gasteiger partial charge in [-0.2, -0.15) is 0 Å². The number of halogens is 1. The highest BCUT2D eigenvalue weighted by Gasteiger charge is 2.28. The van der Waals surface area contributed by atoms with Crippen LogP contribution in [0.2, 0.25) is 0 Å². The number of ether oxygens (including phenoxy) is 2. The van der Waals surface area contributed by atoms with Crippen molar-refractivity contribution in [3.8, 4) is 11.5 Å². The van der Waals surface area contributed by atoms with Gasteiger partial charge in [0.1, 0.15) is 5.82 Å². The van der Waals surface area contributed by atoms with Crippen molar-refractivity contribution in [3.63, 3.8) is 0 Å². The zero-order chi connectivity index (χ0) is 14.4. The van der Waals surface area contributed by atoms with Gasteiger partial charge in [-0.3, -0.25) is 0 Å². The fraction of sp³-hybridized carbons (Fsp3) is 0.438. The zero-order valence-corrected chi connectivity index (χ0v) is 12.6. The molecule has 0 radical (unpaired) electrons. The average Bonchev–Trinajstić information content (AvgIpc) is 2.89. The van der Waals surface area contributed by atoms with E-state index in [1.807, 2.05) is 24.4 Å². The van der Waals surface area contributed by atoms with Crippen LogP contribution in [0, 0.1) is 5.92 Å². The molecular weight excluding hydrogens is 288 g/mol. The number of benzene rings is 1. The minimum atomic E-state index is 0.295. The first-order valence-electron chi connectivity index (χ1n) is 7.24. The summed E-state index contributed by atoms with van der Waals surface area (Å²) in [5, 5.41) is 2.59. The summed E-state index contributed by atoms with van der Waals surface area (Å²) in [5.74, 6) is 3.27. The van der Waals surface area contributed by atoms with Crippen LogP contribution < -0.4 is 14.4 Å². The van der Waals surface area contributed by atoms with Crippen molar-refractivity contribution in [2.45, 2.75) is 18.2 Å². The van der Waals surface area contributed by atoms with Gasteiger partial charge < -0.3 is 14.4 Å². The maximum Gasteiger partial charge on any atom is 0.231 e. The molecule has 5 heteroatoms. The van der Waals surface area contributed by atoms with Crippen LogP contribution in [0.15, 0.2) is 24.4 Å². The standard InChI is InChI=1S/C16H17ClN2O2/c1-19(8-10-4-12(17)5-10)16-13-7-15-14(20-9-21-15)6-11(13)2-3-18-16/h2-3,6-7,10,12H,4-5,8-9H2,1H3. The SMILES string of the molecule is CN(CC1CC(Cl)C1)c1nccc2cc3c(cc12)OCO3. The highest BCUT2D eigenvalue weighted by molar-refractivity contribution is 6.21. The Balaban J connectivity index is 1.67. The normalized spacial score (nSPS) is 23.1. The van der Waals surface area contributed by atoms with Crippen LogP contribution in [-0.4, -0.2) is 30.7 Å². The fourth-order valence-electron chi connectivity index (χ4n) is 3.13. The summed E-state index contributed by atoms with van der Waals surface area (Å²) in [6.45, 7) is 1.28. The molecule has 0 saturated heterocycles. The van der Waals surface area contributed by atoms with Gasteiger partial charge in [-0.1, -0.05) is 0 Å². The van der Waals surface area contributed by atoms with Gasteiger partial charge in [-0.25, -0.2) is 4.98 Å². The molecular formula is C16H17ClN2O2. The molecule has 0 bridgehead atoms. The smallest absolute Gasteiger partial charge is 0.231 e. The Hall–Kier alpha value is -1.68. The summed E-state index contributed by atoms with van der Waals surface area (Å²) >= 11 is 6.07. The molecule has 1 aliphatic heterocycles. The van der Waals surface area contributed by atoms with Gasteiger partial charge >= 0.3 is 0 Å². The first-order chi connectivity index (χ1) is 10.2. The number of hydrogen-bond acceptors (Lipinski definition) is 4. The van der Waals surface area contributed by atoms with Crippen molar-refractivity contribution in [1.82, 2.24) is 4.98 Å². The van der Waals surface area contributed by atoms with Crippen molar-refractivity contribution >= 4 is 28.2 Å². The Morgan fingerprint density at radius 2 is 2.05 bits per heavy atom. The van der Waals surface area contributed by atoms with E-state index in [0.29, 0.717) is 18.1 Å². The molecule has 1 saturated carbocycles. The minimum absolute atomic E-state index is 0.295. The van der Waals surface area contributed by atoms with E-state index in [9.17, 15) is 0 Å². The minimum Gasteiger partial charge on any atom is -0.454 e. The first-order valence-corrected chi connectivity index (χ1v) is 7.68. The molecule has 0 spiro atoms. The molecule has 4 rings (SSSR count). The number of hydrogen-bond donors (Lipinski definition) is 0. The molecule has 0 unspecified atom stereocenters. The molecule has 4 nitrogen and oxygen atoms in total. The van der Waals surface area contributed by atoms with E-state index in [-0.39, 0.29) is 0 Å². The molecule has 2 aromatic rings. The van der Waals surface area contributed by atoms with Gasteiger partial charge in [0.2, 0.25) is 6.79 Å². The van der Waals surface area contributed by atoms with E-state index < -0.39 is 0 Å². The Morgan fingerprint density at radius 3 is 2.81 bits per heavy atom. The van der Waals surface area contributed by atoms with Gasteiger partial charge in [-0.05, 0) is 42.3 Å². The number of pyridine rings is 1. The summed E-state index contributed by atoms with van der Waals surface area (Å²) in [6.07, 6.45) is 4.05. The van der Waals surface area contributed by atoms with E-state index in [1.165, 1.54) is 0 Å². The van der Waals surface area contributed by atoms with Crippen LogP contribution >= 0.6 is 11.6 Å². The van der Waals surface area contributed by atoms with Gasteiger partial charge in [0.15, 0.2) is 11.5 Å². The summed E-state index contributed by atoms with van der Waals surface area (Å²) in [7, 11) is 2.09. The summed E-state index contributed by atoms with van der Waals surface area (Å²) < 4.78 is 10.9. The van der Waals surface area contributed by atoms with E-state index in [4.69, 9.17) is 21.1 Å². The first kappa shape index (κ1) is 13.0. The molecule has 0 amide bonds. The lowest BCUT2D eigenvalue weighted by Crippen LogP contribution is -2.35. The Morgan fingerprint density at radius 1 is 1.29 bits per heavy atom. The Bertz CT molecular complexity index is 685. The van der Waals surface area contributed by atoms with Gasteiger partial charge in [0, 0.05) is 30.6 Å². The van der Waals surface area contributed by atoms with Crippen LogP contribution in [0.5, 0.6) is 11.5 Å². The Labute approximate surface area is 128 Å². The van der Waals surface area contributed by atoms with Crippen LogP contribution in [0.1, 0.15) is 12.8 Å². The molecule has 2 heterocycles. The molecule has 1 fully saturated rings. The molecule has 1 aromatic carbocycles. The van der Waals surface area contributed by atoms with Gasteiger partial charge in [-0.15, -0.1) is 11.6 Å². The zero-order valence-electron chi connectivity index (χ0n) is 11.9. The maximum absolute atomic E-state index is 6.07. The molecule has 21 heavy (non-hydrogen) atoms. The number of rotatable bonds is 3. The second-order valence-electron chi connectivity index (χ2n) is 5.88. The third-order valence-corrected chi connectivity index (χ3v) is 4.66. The monoisotopic (exact) mass is 304 g/mol. The molecule has 1 aliphatic carbocycles. The summed E-state index contributed by atoms with van der Waals surface area (Å²) in [5.41, 5.74) is 0. The van der Waals surface area contributed by atoms with Crippen molar-refractivity contribution in [1.29, 1.82) is 0 Å². The molecule has 2 aliphatic rings. The Kier molecular flexibility index (Phi) is 3.07. The lowest BCUT2D eigenvalue weighted by molar-refractivity contribution is 0.174. The van der Waals surface area contributed by atoms with Crippen molar-refractivity contribution in [2.75, 3.05) is 25.3 Å². The highest BCUT2D eigenvalue weighted by atomic mass is 35.5. The lowest BCUT2D eigenvalue weighted by atomic mass is 9.84. The third kappa shape index (κ3) is 2.27. The van der Waals surface area contributed by atoms with Crippen LogP contribution in [0.25, 0.3) is 10.8 Å². The fourth-order valence-corrected chi connectivity index (χ4v) is 3.63. The largest absolute Gasteiger partial charge is 0.454 e. The molecule has 110 valence electrons. The summed E-state index contributed by atoms with van der Waals surface area (Å²) in [4.78, 5) is 6.78. The number of anilines is 1. The van der Waals surface area contributed by atoms with E-state index in [1.54, 1.807) is 0 Å². The van der Waals surface area contributed by atoms with Gasteiger partial charge in [0.25, 0.3) is 0 Å². The van der Waals surface area contributed by atoms with Crippen molar-refractivity contribution in [3.05, 3.63) is 24.4 Å². The van der Waals surface area contributed by atoms with Crippen molar-refractivity contribution < 1.29 is 9.47 Å². The average molecular weight is 305 g/mol. The summed E-state index contributed by atoms with van der Waals surface area (Å²) in [6, 6.07) is 6.06. The third-order valence-electron chi connectivity index (χ3n) is 4.31.